The lowest BCUT2D eigenvalue weighted by Gasteiger charge is -2.16. The molecule has 0 bridgehead atoms. The summed E-state index contributed by atoms with van der Waals surface area (Å²) in [5.74, 6) is 0.771. The lowest BCUT2D eigenvalue weighted by Crippen LogP contribution is -2.41. The first-order valence-electron chi connectivity index (χ1n) is 7.65. The monoisotopic (exact) mass is 309 g/mol. The summed E-state index contributed by atoms with van der Waals surface area (Å²) in [5.41, 5.74) is 1.92. The van der Waals surface area contributed by atoms with Crippen molar-refractivity contribution in [2.45, 2.75) is 19.1 Å². The lowest BCUT2D eigenvalue weighted by atomic mass is 10.2. The van der Waals surface area contributed by atoms with E-state index in [1.165, 1.54) is 0 Å². The summed E-state index contributed by atoms with van der Waals surface area (Å²) in [6, 6.07) is 19.3. The van der Waals surface area contributed by atoms with Gasteiger partial charge in [0.25, 0.3) is 0 Å². The highest BCUT2D eigenvalue weighted by Crippen LogP contribution is 2.12. The normalized spacial score (nSPS) is 16.5. The number of hydrogen-bond acceptors (Lipinski definition) is 4. The second kappa shape index (κ2) is 7.45. The van der Waals surface area contributed by atoms with Crippen LogP contribution in [0.5, 0.6) is 0 Å². The van der Waals surface area contributed by atoms with Crippen LogP contribution in [-0.2, 0) is 11.3 Å². The maximum Gasteiger partial charge on any atom is 0.408 e. The molecule has 1 aliphatic heterocycles. The Labute approximate surface area is 135 Å². The van der Waals surface area contributed by atoms with Crippen LogP contribution in [0.2, 0.25) is 0 Å². The number of anilines is 1. The van der Waals surface area contributed by atoms with Crippen molar-refractivity contribution >= 4 is 17.6 Å². The van der Waals surface area contributed by atoms with Crippen LogP contribution in [0.25, 0.3) is 0 Å². The predicted octanol–water partition coefficient (Wildman–Crippen LogP) is 3.20. The zero-order chi connectivity index (χ0) is 15.9. The third-order valence-corrected chi connectivity index (χ3v) is 3.58. The molecule has 5 nitrogen and oxygen atoms in total. The number of amides is 1. The Morgan fingerprint density at radius 2 is 1.78 bits per heavy atom. The number of nitrogens with one attached hydrogen (secondary N) is 2. The summed E-state index contributed by atoms with van der Waals surface area (Å²) < 4.78 is 5.26. The summed E-state index contributed by atoms with van der Waals surface area (Å²) >= 11 is 0. The van der Waals surface area contributed by atoms with Gasteiger partial charge in [-0.25, -0.2) is 4.79 Å². The predicted molar refractivity (Wildman–Crippen MR) is 90.5 cm³/mol. The molecule has 2 aromatic rings. The van der Waals surface area contributed by atoms with E-state index in [2.05, 4.69) is 15.6 Å². The van der Waals surface area contributed by atoms with Crippen molar-refractivity contribution in [2.75, 3.05) is 11.9 Å². The maximum atomic E-state index is 12.0. The van der Waals surface area contributed by atoms with Gasteiger partial charge in [-0.2, -0.15) is 0 Å². The molecule has 23 heavy (non-hydrogen) atoms. The van der Waals surface area contributed by atoms with Crippen LogP contribution >= 0.6 is 0 Å². The van der Waals surface area contributed by atoms with E-state index in [0.29, 0.717) is 6.54 Å². The first-order valence-corrected chi connectivity index (χ1v) is 7.65. The third kappa shape index (κ3) is 4.32. The highest BCUT2D eigenvalue weighted by atomic mass is 16.5. The zero-order valence-corrected chi connectivity index (χ0v) is 12.7. The van der Waals surface area contributed by atoms with E-state index in [1.807, 2.05) is 60.7 Å². The summed E-state index contributed by atoms with van der Waals surface area (Å²) in [6.45, 7) is 0.955. The molecule has 5 heteroatoms. The molecular formula is C18H19N3O2. The van der Waals surface area contributed by atoms with Crippen LogP contribution in [0.4, 0.5) is 10.5 Å². The number of para-hydroxylation sites is 1. The van der Waals surface area contributed by atoms with Crippen molar-refractivity contribution in [3.8, 4) is 0 Å². The molecule has 1 amide bonds. The summed E-state index contributed by atoms with van der Waals surface area (Å²) in [5, 5.41) is 6.11. The molecule has 1 heterocycles. The fourth-order valence-corrected chi connectivity index (χ4v) is 2.40. The van der Waals surface area contributed by atoms with Crippen molar-refractivity contribution < 1.29 is 9.53 Å². The summed E-state index contributed by atoms with van der Waals surface area (Å²) in [6.07, 6.45) is 0.346. The van der Waals surface area contributed by atoms with Gasteiger partial charge in [0, 0.05) is 12.2 Å². The van der Waals surface area contributed by atoms with Crippen LogP contribution in [0.3, 0.4) is 0 Å². The second-order valence-corrected chi connectivity index (χ2v) is 5.31. The molecule has 2 N–H and O–H groups in total. The molecule has 1 atom stereocenters. The number of alkyl carbamates (subject to hydrolysis) is 1. The van der Waals surface area contributed by atoms with Gasteiger partial charge in [0.05, 0.1) is 6.04 Å². The van der Waals surface area contributed by atoms with Gasteiger partial charge in [-0.3, -0.25) is 4.99 Å². The third-order valence-electron chi connectivity index (χ3n) is 3.58. The van der Waals surface area contributed by atoms with E-state index in [0.717, 1.165) is 23.5 Å². The molecule has 0 saturated carbocycles. The van der Waals surface area contributed by atoms with Crippen molar-refractivity contribution in [2.24, 2.45) is 4.99 Å². The van der Waals surface area contributed by atoms with Gasteiger partial charge in [-0.1, -0.05) is 48.5 Å². The van der Waals surface area contributed by atoms with Crippen LogP contribution in [0, 0.1) is 0 Å². The minimum Gasteiger partial charge on any atom is -0.445 e. The number of carbonyl (C=O) groups is 1. The van der Waals surface area contributed by atoms with Crippen LogP contribution in [0.15, 0.2) is 65.7 Å². The summed E-state index contributed by atoms with van der Waals surface area (Å²) in [7, 11) is 0. The fraction of sp³-hybridized carbons (Fsp3) is 0.222. The zero-order valence-electron chi connectivity index (χ0n) is 12.7. The number of carbonyl (C=O) groups excluding carboxylic acids is 1. The Kier molecular flexibility index (Phi) is 4.88. The van der Waals surface area contributed by atoms with Gasteiger partial charge in [-0.05, 0) is 24.1 Å². The first kappa shape index (κ1) is 15.1. The highest BCUT2D eigenvalue weighted by Gasteiger charge is 2.23. The number of amidine groups is 1. The lowest BCUT2D eigenvalue weighted by molar-refractivity contribution is 0.138. The van der Waals surface area contributed by atoms with Gasteiger partial charge < -0.3 is 15.4 Å². The molecule has 0 saturated heterocycles. The van der Waals surface area contributed by atoms with E-state index < -0.39 is 6.09 Å². The van der Waals surface area contributed by atoms with Gasteiger partial charge in [0.15, 0.2) is 0 Å². The molecule has 0 spiro atoms. The Morgan fingerprint density at radius 1 is 1.09 bits per heavy atom. The van der Waals surface area contributed by atoms with Crippen molar-refractivity contribution in [3.63, 3.8) is 0 Å². The standard InChI is InChI=1S/C18H19N3O2/c22-18(23-13-14-7-3-1-4-8-14)21-16-11-12-19-17(16)20-15-9-5-2-6-10-15/h1-10,16H,11-13H2,(H,19,20)(H,21,22). The quantitative estimate of drug-likeness (QED) is 0.911. The van der Waals surface area contributed by atoms with Gasteiger partial charge >= 0.3 is 6.09 Å². The largest absolute Gasteiger partial charge is 0.445 e. The Hall–Kier alpha value is -2.82. The van der Waals surface area contributed by atoms with Crippen LogP contribution in [0.1, 0.15) is 12.0 Å². The molecule has 0 radical (unpaired) electrons. The van der Waals surface area contributed by atoms with Gasteiger partial charge in [0.1, 0.15) is 12.4 Å². The Morgan fingerprint density at radius 3 is 2.52 bits per heavy atom. The number of ether oxygens (including phenoxy) is 1. The van der Waals surface area contributed by atoms with Crippen molar-refractivity contribution in [1.82, 2.24) is 5.32 Å². The van der Waals surface area contributed by atoms with Crippen molar-refractivity contribution in [1.29, 1.82) is 0 Å². The first-order chi connectivity index (χ1) is 11.3. The topological polar surface area (TPSA) is 62.7 Å². The maximum absolute atomic E-state index is 12.0. The molecule has 0 fully saturated rings. The van der Waals surface area contributed by atoms with E-state index in [4.69, 9.17) is 4.74 Å². The average molecular weight is 309 g/mol. The minimum atomic E-state index is -0.427. The molecule has 0 aliphatic carbocycles. The highest BCUT2D eigenvalue weighted by molar-refractivity contribution is 6.01. The van der Waals surface area contributed by atoms with E-state index in [1.54, 1.807) is 0 Å². The van der Waals surface area contributed by atoms with Crippen LogP contribution in [-0.4, -0.2) is 24.5 Å². The molecule has 1 aliphatic rings. The number of rotatable bonds is 4. The number of nitrogens with zero attached hydrogens (tertiary/aromatic N) is 1. The smallest absolute Gasteiger partial charge is 0.408 e. The Balaban J connectivity index is 1.51. The molecule has 118 valence electrons. The van der Waals surface area contributed by atoms with Crippen molar-refractivity contribution in [3.05, 3.63) is 66.2 Å². The molecule has 3 rings (SSSR count). The number of hydrogen-bond donors (Lipinski definition) is 2. The molecule has 0 aromatic heterocycles. The molecule has 1 unspecified atom stereocenters. The van der Waals surface area contributed by atoms with Gasteiger partial charge in [-0.15, -0.1) is 0 Å². The SMILES string of the molecule is O=C(NC1CCN=C1Nc1ccccc1)OCc1ccccc1. The average Bonchev–Trinajstić information content (AvgIpc) is 3.02. The summed E-state index contributed by atoms with van der Waals surface area (Å²) in [4.78, 5) is 16.4. The van der Waals surface area contributed by atoms with Gasteiger partial charge in [0.2, 0.25) is 0 Å². The minimum absolute atomic E-state index is 0.140. The Bertz CT molecular complexity index is 671. The molecular weight excluding hydrogens is 290 g/mol. The molecule has 2 aromatic carbocycles. The van der Waals surface area contributed by atoms with E-state index in [-0.39, 0.29) is 12.6 Å². The second-order valence-electron chi connectivity index (χ2n) is 5.31. The number of benzene rings is 2. The fourth-order valence-electron chi connectivity index (χ4n) is 2.40. The van der Waals surface area contributed by atoms with E-state index in [9.17, 15) is 4.79 Å². The van der Waals surface area contributed by atoms with Crippen LogP contribution < -0.4 is 10.6 Å². The number of aliphatic imine (C=N–C) groups is 1. The van der Waals surface area contributed by atoms with E-state index >= 15 is 0 Å².